The standard InChI is InChI=1S/C19H15NO3S/c21-18(13-17-7-4-12-24-17)23-16-10-8-15(9-11-16)20-19(22)14-5-2-1-3-6-14/h1-12H,13H2,(H,20,22). The highest BCUT2D eigenvalue weighted by atomic mass is 32.1. The molecule has 0 aliphatic carbocycles. The first-order chi connectivity index (χ1) is 11.7. The molecule has 2 aromatic carbocycles. The number of hydrogen-bond donors (Lipinski definition) is 1. The van der Waals surface area contributed by atoms with E-state index in [-0.39, 0.29) is 18.3 Å². The fourth-order valence-electron chi connectivity index (χ4n) is 2.12. The Morgan fingerprint density at radius 2 is 1.67 bits per heavy atom. The molecule has 24 heavy (non-hydrogen) atoms. The first kappa shape index (κ1) is 16.0. The lowest BCUT2D eigenvalue weighted by molar-refractivity contribution is -0.133. The van der Waals surface area contributed by atoms with E-state index in [1.165, 1.54) is 11.3 Å². The van der Waals surface area contributed by atoms with Gasteiger partial charge in [0.05, 0.1) is 6.42 Å². The second-order valence-corrected chi connectivity index (χ2v) is 6.11. The van der Waals surface area contributed by atoms with Gasteiger partial charge in [0.1, 0.15) is 5.75 Å². The minimum Gasteiger partial charge on any atom is -0.426 e. The maximum Gasteiger partial charge on any atom is 0.316 e. The van der Waals surface area contributed by atoms with Gasteiger partial charge in [-0.1, -0.05) is 24.3 Å². The van der Waals surface area contributed by atoms with E-state index in [0.717, 1.165) is 4.88 Å². The predicted molar refractivity (Wildman–Crippen MR) is 94.5 cm³/mol. The molecule has 0 atom stereocenters. The Morgan fingerprint density at radius 1 is 0.917 bits per heavy atom. The highest BCUT2D eigenvalue weighted by Gasteiger charge is 2.08. The van der Waals surface area contributed by atoms with Crippen molar-refractivity contribution in [2.75, 3.05) is 5.32 Å². The number of anilines is 1. The van der Waals surface area contributed by atoms with E-state index in [2.05, 4.69) is 5.32 Å². The van der Waals surface area contributed by atoms with Crippen molar-refractivity contribution in [3.8, 4) is 5.75 Å². The average Bonchev–Trinajstić information content (AvgIpc) is 3.10. The monoisotopic (exact) mass is 337 g/mol. The summed E-state index contributed by atoms with van der Waals surface area (Å²) in [6, 6.07) is 19.5. The maximum absolute atomic E-state index is 12.1. The predicted octanol–water partition coefficient (Wildman–Crippen LogP) is 4.15. The van der Waals surface area contributed by atoms with Crippen molar-refractivity contribution in [1.29, 1.82) is 0 Å². The summed E-state index contributed by atoms with van der Waals surface area (Å²) in [6.07, 6.45) is 0.254. The van der Waals surface area contributed by atoms with Gasteiger partial charge in [0.2, 0.25) is 0 Å². The molecule has 5 heteroatoms. The van der Waals surface area contributed by atoms with Crippen LogP contribution in [0, 0.1) is 0 Å². The van der Waals surface area contributed by atoms with Crippen LogP contribution >= 0.6 is 11.3 Å². The number of esters is 1. The molecule has 120 valence electrons. The molecule has 0 unspecified atom stereocenters. The van der Waals surface area contributed by atoms with Gasteiger partial charge >= 0.3 is 5.97 Å². The zero-order chi connectivity index (χ0) is 16.8. The van der Waals surface area contributed by atoms with Crippen molar-refractivity contribution < 1.29 is 14.3 Å². The molecule has 1 N–H and O–H groups in total. The van der Waals surface area contributed by atoms with Crippen LogP contribution in [0.5, 0.6) is 5.75 Å². The molecule has 4 nitrogen and oxygen atoms in total. The second-order valence-electron chi connectivity index (χ2n) is 5.07. The summed E-state index contributed by atoms with van der Waals surface area (Å²) in [7, 11) is 0. The molecule has 0 radical (unpaired) electrons. The number of thiophene rings is 1. The molecule has 0 saturated carbocycles. The van der Waals surface area contributed by atoms with Gasteiger partial charge in [-0.3, -0.25) is 9.59 Å². The molecule has 0 bridgehead atoms. The molecular weight excluding hydrogens is 322 g/mol. The second kappa shape index (κ2) is 7.57. The molecule has 0 aliphatic rings. The molecule has 1 amide bonds. The molecule has 3 rings (SSSR count). The highest BCUT2D eigenvalue weighted by molar-refractivity contribution is 7.10. The quantitative estimate of drug-likeness (QED) is 0.562. The van der Waals surface area contributed by atoms with Crippen LogP contribution in [0.15, 0.2) is 72.1 Å². The Kier molecular flexibility index (Phi) is 5.03. The molecule has 0 spiro atoms. The summed E-state index contributed by atoms with van der Waals surface area (Å²) in [5.41, 5.74) is 1.23. The topological polar surface area (TPSA) is 55.4 Å². The summed E-state index contributed by atoms with van der Waals surface area (Å²) >= 11 is 1.52. The summed E-state index contributed by atoms with van der Waals surface area (Å²) in [5.74, 6) is -0.0363. The van der Waals surface area contributed by atoms with Crippen molar-refractivity contribution in [2.24, 2.45) is 0 Å². The molecule has 0 saturated heterocycles. The lowest BCUT2D eigenvalue weighted by Gasteiger charge is -2.07. The minimum absolute atomic E-state index is 0.182. The highest BCUT2D eigenvalue weighted by Crippen LogP contribution is 2.18. The van der Waals surface area contributed by atoms with E-state index >= 15 is 0 Å². The molecular formula is C19H15NO3S. The third-order valence-electron chi connectivity index (χ3n) is 3.28. The van der Waals surface area contributed by atoms with Crippen LogP contribution in [0.3, 0.4) is 0 Å². The van der Waals surface area contributed by atoms with Gasteiger partial charge in [0, 0.05) is 16.1 Å². The van der Waals surface area contributed by atoms with E-state index in [9.17, 15) is 9.59 Å². The lowest BCUT2D eigenvalue weighted by Crippen LogP contribution is -2.12. The summed E-state index contributed by atoms with van der Waals surface area (Å²) in [4.78, 5) is 24.9. The summed E-state index contributed by atoms with van der Waals surface area (Å²) < 4.78 is 5.29. The van der Waals surface area contributed by atoms with E-state index < -0.39 is 0 Å². The van der Waals surface area contributed by atoms with Crippen LogP contribution in [0.2, 0.25) is 0 Å². The Hall–Kier alpha value is -2.92. The van der Waals surface area contributed by atoms with E-state index in [4.69, 9.17) is 4.74 Å². The number of rotatable bonds is 5. The molecule has 0 fully saturated rings. The number of carbonyl (C=O) groups is 2. The number of amides is 1. The van der Waals surface area contributed by atoms with Crippen LogP contribution in [0.1, 0.15) is 15.2 Å². The number of hydrogen-bond acceptors (Lipinski definition) is 4. The van der Waals surface area contributed by atoms with Crippen LogP contribution in [-0.4, -0.2) is 11.9 Å². The van der Waals surface area contributed by atoms with Gasteiger partial charge in [0.25, 0.3) is 5.91 Å². The zero-order valence-electron chi connectivity index (χ0n) is 12.8. The fourth-order valence-corrected chi connectivity index (χ4v) is 2.81. The Morgan fingerprint density at radius 3 is 2.33 bits per heavy atom. The Balaban J connectivity index is 1.57. The van der Waals surface area contributed by atoms with Crippen LogP contribution in [-0.2, 0) is 11.2 Å². The lowest BCUT2D eigenvalue weighted by atomic mass is 10.2. The van der Waals surface area contributed by atoms with Crippen molar-refractivity contribution in [3.63, 3.8) is 0 Å². The van der Waals surface area contributed by atoms with E-state index in [1.54, 1.807) is 36.4 Å². The van der Waals surface area contributed by atoms with Gasteiger partial charge in [-0.2, -0.15) is 0 Å². The van der Waals surface area contributed by atoms with Crippen molar-refractivity contribution >= 4 is 28.9 Å². The number of ether oxygens (including phenoxy) is 1. The van der Waals surface area contributed by atoms with Gasteiger partial charge < -0.3 is 10.1 Å². The number of benzene rings is 2. The van der Waals surface area contributed by atoms with Crippen molar-refractivity contribution in [1.82, 2.24) is 0 Å². The number of carbonyl (C=O) groups excluding carboxylic acids is 2. The molecule has 0 aliphatic heterocycles. The van der Waals surface area contributed by atoms with Crippen LogP contribution in [0.25, 0.3) is 0 Å². The molecule has 1 heterocycles. The summed E-state index contributed by atoms with van der Waals surface area (Å²) in [6.45, 7) is 0. The first-order valence-electron chi connectivity index (χ1n) is 7.40. The Bertz CT molecular complexity index is 812. The van der Waals surface area contributed by atoms with E-state index in [0.29, 0.717) is 17.0 Å². The molecule has 3 aromatic rings. The summed E-state index contributed by atoms with van der Waals surface area (Å²) in [5, 5.41) is 4.72. The average molecular weight is 337 g/mol. The molecule has 1 aromatic heterocycles. The van der Waals surface area contributed by atoms with Gasteiger partial charge in [-0.05, 0) is 47.8 Å². The van der Waals surface area contributed by atoms with Crippen molar-refractivity contribution in [3.05, 3.63) is 82.6 Å². The third kappa shape index (κ3) is 4.30. The van der Waals surface area contributed by atoms with Gasteiger partial charge in [-0.25, -0.2) is 0 Å². The minimum atomic E-state index is -0.307. The van der Waals surface area contributed by atoms with Crippen molar-refractivity contribution in [2.45, 2.75) is 6.42 Å². The third-order valence-corrected chi connectivity index (χ3v) is 4.15. The normalized spacial score (nSPS) is 10.2. The van der Waals surface area contributed by atoms with Crippen LogP contribution < -0.4 is 10.1 Å². The SMILES string of the molecule is O=C(Cc1cccs1)Oc1ccc(NC(=O)c2ccccc2)cc1. The first-order valence-corrected chi connectivity index (χ1v) is 8.28. The largest absolute Gasteiger partial charge is 0.426 e. The van der Waals surface area contributed by atoms with Gasteiger partial charge in [0.15, 0.2) is 0 Å². The van der Waals surface area contributed by atoms with Gasteiger partial charge in [-0.15, -0.1) is 11.3 Å². The zero-order valence-corrected chi connectivity index (χ0v) is 13.6. The Labute approximate surface area is 143 Å². The van der Waals surface area contributed by atoms with Crippen LogP contribution in [0.4, 0.5) is 5.69 Å². The number of nitrogens with one attached hydrogen (secondary N) is 1. The maximum atomic E-state index is 12.1. The fraction of sp³-hybridized carbons (Fsp3) is 0.0526. The smallest absolute Gasteiger partial charge is 0.316 e. The van der Waals surface area contributed by atoms with E-state index in [1.807, 2.05) is 35.7 Å².